The maximum atomic E-state index is 11.7. The molecule has 92 valence electrons. The number of H-pyrrole nitrogens is 1. The lowest BCUT2D eigenvalue weighted by Gasteiger charge is -2.32. The van der Waals surface area contributed by atoms with Crippen LogP contribution >= 0.6 is 23.2 Å². The maximum Gasteiger partial charge on any atom is 0.326 e. The van der Waals surface area contributed by atoms with Crippen LogP contribution in [0.25, 0.3) is 0 Å². The molecule has 17 heavy (non-hydrogen) atoms. The molecule has 2 heterocycles. The minimum Gasteiger partial charge on any atom is -0.480 e. The first-order chi connectivity index (χ1) is 8.00. The van der Waals surface area contributed by atoms with Crippen LogP contribution in [0.1, 0.15) is 11.4 Å². The smallest absolute Gasteiger partial charge is 0.326 e. The third-order valence-corrected chi connectivity index (χ3v) is 3.03. The zero-order chi connectivity index (χ0) is 12.6. The first-order valence-corrected chi connectivity index (χ1v) is 5.70. The Hall–Kier alpha value is -1.27. The zero-order valence-electron chi connectivity index (χ0n) is 8.56. The highest BCUT2D eigenvalue weighted by Crippen LogP contribution is 2.23. The Balaban J connectivity index is 2.31. The van der Waals surface area contributed by atoms with Crippen LogP contribution in [-0.2, 0) is 22.6 Å². The minimum atomic E-state index is -1.26. The molecule has 0 saturated heterocycles. The summed E-state index contributed by atoms with van der Waals surface area (Å²) in [5.74, 6) is -1.71. The number of nitrogens with one attached hydrogen (secondary N) is 1. The van der Waals surface area contributed by atoms with Crippen molar-refractivity contribution in [3.8, 4) is 0 Å². The van der Waals surface area contributed by atoms with Crippen LogP contribution in [0.3, 0.4) is 0 Å². The summed E-state index contributed by atoms with van der Waals surface area (Å²) in [5, 5.41) is 9.08. The first kappa shape index (κ1) is 12.2. The Kier molecular flexibility index (Phi) is 3.26. The summed E-state index contributed by atoms with van der Waals surface area (Å²) >= 11 is 11.0. The van der Waals surface area contributed by atoms with Crippen molar-refractivity contribution in [2.75, 3.05) is 0 Å². The van der Waals surface area contributed by atoms with Gasteiger partial charge in [0.25, 0.3) is 5.91 Å². The molecule has 0 saturated carbocycles. The predicted molar refractivity (Wildman–Crippen MR) is 59.8 cm³/mol. The maximum absolute atomic E-state index is 11.7. The summed E-state index contributed by atoms with van der Waals surface area (Å²) < 4.78 is 0. The van der Waals surface area contributed by atoms with E-state index >= 15 is 0 Å². The second kappa shape index (κ2) is 4.54. The number of carboxylic acid groups (broad SMARTS) is 1. The Bertz CT molecular complexity index is 460. The van der Waals surface area contributed by atoms with Gasteiger partial charge < -0.3 is 15.0 Å². The molecular weight excluding hydrogens is 269 g/mol. The molecular formula is C9H9Cl2N3O3. The fourth-order valence-corrected chi connectivity index (χ4v) is 2.06. The fraction of sp³-hybridized carbons (Fsp3) is 0.444. The van der Waals surface area contributed by atoms with E-state index in [1.807, 2.05) is 0 Å². The van der Waals surface area contributed by atoms with Gasteiger partial charge in [-0.05, 0) is 0 Å². The number of aliphatic carboxylic acids is 1. The molecule has 1 aliphatic rings. The van der Waals surface area contributed by atoms with E-state index in [4.69, 9.17) is 28.3 Å². The van der Waals surface area contributed by atoms with E-state index in [1.165, 1.54) is 6.33 Å². The van der Waals surface area contributed by atoms with Gasteiger partial charge >= 0.3 is 5.97 Å². The van der Waals surface area contributed by atoms with Crippen molar-refractivity contribution in [3.05, 3.63) is 17.7 Å². The molecule has 0 bridgehead atoms. The van der Waals surface area contributed by atoms with Gasteiger partial charge in [0, 0.05) is 6.42 Å². The molecule has 1 aromatic rings. The van der Waals surface area contributed by atoms with Crippen LogP contribution in [0.4, 0.5) is 0 Å². The zero-order valence-corrected chi connectivity index (χ0v) is 10.1. The Morgan fingerprint density at radius 2 is 2.29 bits per heavy atom. The van der Waals surface area contributed by atoms with Crippen LogP contribution < -0.4 is 0 Å². The summed E-state index contributed by atoms with van der Waals surface area (Å²) in [7, 11) is 0. The Morgan fingerprint density at radius 3 is 2.88 bits per heavy atom. The number of fused-ring (bicyclic) bond motifs is 1. The van der Waals surface area contributed by atoms with Crippen LogP contribution in [0.15, 0.2) is 6.33 Å². The summed E-state index contributed by atoms with van der Waals surface area (Å²) in [5.41, 5.74) is 1.37. The minimum absolute atomic E-state index is 0.126. The number of halogens is 2. The molecule has 1 aliphatic heterocycles. The number of carboxylic acids is 1. The topological polar surface area (TPSA) is 86.3 Å². The summed E-state index contributed by atoms with van der Waals surface area (Å²) in [6, 6.07) is -0.974. The third-order valence-electron chi connectivity index (χ3n) is 2.65. The van der Waals surface area contributed by atoms with Crippen molar-refractivity contribution in [3.63, 3.8) is 0 Å². The quantitative estimate of drug-likeness (QED) is 0.773. The van der Waals surface area contributed by atoms with E-state index < -0.39 is 22.8 Å². The van der Waals surface area contributed by atoms with Crippen molar-refractivity contribution < 1.29 is 14.7 Å². The van der Waals surface area contributed by atoms with E-state index in [9.17, 15) is 9.59 Å². The number of hydrogen-bond acceptors (Lipinski definition) is 3. The summed E-state index contributed by atoms with van der Waals surface area (Å²) in [6.45, 7) is 0.126. The van der Waals surface area contributed by atoms with Crippen LogP contribution in [-0.4, -0.2) is 42.7 Å². The fourth-order valence-electron chi connectivity index (χ4n) is 1.81. The molecule has 1 atom stereocenters. The lowest BCUT2D eigenvalue weighted by Crippen LogP contribution is -2.50. The van der Waals surface area contributed by atoms with Crippen LogP contribution in [0.5, 0.6) is 0 Å². The number of amides is 1. The standard InChI is InChI=1S/C9H9Cl2N3O3/c10-7(11)8(15)14-2-5-4(12-3-13-5)1-6(14)9(16)17/h3,6-7H,1-2H2,(H,12,13)(H,16,17). The van der Waals surface area contributed by atoms with Crippen molar-refractivity contribution >= 4 is 35.1 Å². The van der Waals surface area contributed by atoms with Gasteiger partial charge in [0.1, 0.15) is 6.04 Å². The number of nitrogens with zero attached hydrogens (tertiary/aromatic N) is 2. The number of imidazole rings is 1. The van der Waals surface area contributed by atoms with Crippen LogP contribution in [0, 0.1) is 0 Å². The molecule has 0 aromatic carbocycles. The molecule has 8 heteroatoms. The largest absolute Gasteiger partial charge is 0.480 e. The molecule has 0 radical (unpaired) electrons. The molecule has 1 amide bonds. The van der Waals surface area contributed by atoms with Gasteiger partial charge in [-0.25, -0.2) is 9.78 Å². The Morgan fingerprint density at radius 1 is 1.59 bits per heavy atom. The lowest BCUT2D eigenvalue weighted by atomic mass is 10.0. The average Bonchev–Trinajstić information content (AvgIpc) is 2.72. The molecule has 0 spiro atoms. The number of carbonyl (C=O) groups is 2. The van der Waals surface area contributed by atoms with Gasteiger partial charge in [0.05, 0.1) is 24.3 Å². The third kappa shape index (κ3) is 2.23. The molecule has 2 N–H and O–H groups in total. The number of aromatic nitrogens is 2. The molecule has 1 unspecified atom stereocenters. The average molecular weight is 278 g/mol. The number of hydrogen-bond donors (Lipinski definition) is 2. The van der Waals surface area contributed by atoms with E-state index in [0.29, 0.717) is 11.4 Å². The summed E-state index contributed by atoms with van der Waals surface area (Å²) in [4.78, 5) is 29.6. The van der Waals surface area contributed by atoms with Gasteiger partial charge in [-0.15, -0.1) is 0 Å². The van der Waals surface area contributed by atoms with Crippen molar-refractivity contribution in [1.29, 1.82) is 0 Å². The van der Waals surface area contributed by atoms with E-state index in [-0.39, 0.29) is 13.0 Å². The monoisotopic (exact) mass is 277 g/mol. The van der Waals surface area contributed by atoms with Gasteiger partial charge in [-0.3, -0.25) is 4.79 Å². The lowest BCUT2D eigenvalue weighted by molar-refractivity contribution is -0.150. The second-order valence-electron chi connectivity index (χ2n) is 3.65. The Labute approximate surface area is 107 Å². The molecule has 1 aromatic heterocycles. The SMILES string of the molecule is O=C(O)C1Cc2nc[nH]c2CN1C(=O)C(Cl)Cl. The van der Waals surface area contributed by atoms with E-state index in [1.54, 1.807) is 0 Å². The highest BCUT2D eigenvalue weighted by atomic mass is 35.5. The van der Waals surface area contributed by atoms with E-state index in [2.05, 4.69) is 9.97 Å². The number of aromatic amines is 1. The van der Waals surface area contributed by atoms with Crippen LogP contribution in [0.2, 0.25) is 0 Å². The first-order valence-electron chi connectivity index (χ1n) is 4.83. The van der Waals surface area contributed by atoms with Crippen molar-refractivity contribution in [2.45, 2.75) is 23.8 Å². The molecule has 2 rings (SSSR count). The number of rotatable bonds is 2. The van der Waals surface area contributed by atoms with Crippen molar-refractivity contribution in [1.82, 2.24) is 14.9 Å². The molecule has 0 aliphatic carbocycles. The van der Waals surface area contributed by atoms with Gasteiger partial charge in [0.2, 0.25) is 0 Å². The predicted octanol–water partition coefficient (Wildman–Crippen LogP) is 0.551. The second-order valence-corrected chi connectivity index (χ2v) is 4.75. The van der Waals surface area contributed by atoms with Gasteiger partial charge in [0.15, 0.2) is 4.84 Å². The molecule has 6 nitrogen and oxygen atoms in total. The van der Waals surface area contributed by atoms with Crippen molar-refractivity contribution in [2.24, 2.45) is 0 Å². The normalized spacial score (nSPS) is 19.2. The highest BCUT2D eigenvalue weighted by molar-refractivity contribution is 6.53. The van der Waals surface area contributed by atoms with E-state index in [0.717, 1.165) is 4.90 Å². The number of carbonyl (C=O) groups excluding carboxylic acids is 1. The van der Waals surface area contributed by atoms with Gasteiger partial charge in [-0.2, -0.15) is 0 Å². The molecule has 0 fully saturated rings. The summed E-state index contributed by atoms with van der Waals surface area (Å²) in [6.07, 6.45) is 1.62. The highest BCUT2D eigenvalue weighted by Gasteiger charge is 2.37. The number of alkyl halides is 2. The van der Waals surface area contributed by atoms with Gasteiger partial charge in [-0.1, -0.05) is 23.2 Å².